The van der Waals surface area contributed by atoms with E-state index >= 15 is 0 Å². The summed E-state index contributed by atoms with van der Waals surface area (Å²) < 4.78 is 11.3. The van der Waals surface area contributed by atoms with Gasteiger partial charge in [-0.3, -0.25) is 0 Å². The van der Waals surface area contributed by atoms with Crippen LogP contribution in [0, 0.1) is 5.92 Å². The van der Waals surface area contributed by atoms with E-state index in [2.05, 4.69) is 12.2 Å². The second kappa shape index (κ2) is 4.40. The van der Waals surface area contributed by atoms with Gasteiger partial charge in [-0.05, 0) is 19.8 Å². The van der Waals surface area contributed by atoms with Crippen molar-refractivity contribution in [2.45, 2.75) is 32.0 Å². The van der Waals surface area contributed by atoms with E-state index in [-0.39, 0.29) is 0 Å². The quantitative estimate of drug-likeness (QED) is 0.655. The molecule has 13 heavy (non-hydrogen) atoms. The lowest BCUT2D eigenvalue weighted by molar-refractivity contribution is -0.0896. The van der Waals surface area contributed by atoms with Crippen LogP contribution in [-0.4, -0.2) is 38.5 Å². The van der Waals surface area contributed by atoms with Crippen LogP contribution in [0.3, 0.4) is 0 Å². The average Bonchev–Trinajstić information content (AvgIpc) is 2.19. The standard InChI is InChI=1S/C10H19NO2/c1-8-5-11-6-10(13-8)9-3-2-4-12-7-9/h8-11H,2-7H2,1H3. The van der Waals surface area contributed by atoms with Crippen LogP contribution in [0.5, 0.6) is 0 Å². The Morgan fingerprint density at radius 2 is 2.23 bits per heavy atom. The van der Waals surface area contributed by atoms with Crippen LogP contribution >= 0.6 is 0 Å². The molecular weight excluding hydrogens is 166 g/mol. The van der Waals surface area contributed by atoms with Crippen molar-refractivity contribution in [3.05, 3.63) is 0 Å². The average molecular weight is 185 g/mol. The molecule has 0 radical (unpaired) electrons. The molecule has 2 aliphatic rings. The highest BCUT2D eigenvalue weighted by Crippen LogP contribution is 2.21. The first-order valence-electron chi connectivity index (χ1n) is 5.30. The van der Waals surface area contributed by atoms with Gasteiger partial charge in [0.1, 0.15) is 0 Å². The molecule has 3 unspecified atom stereocenters. The molecular formula is C10H19NO2. The van der Waals surface area contributed by atoms with Gasteiger partial charge in [-0.15, -0.1) is 0 Å². The van der Waals surface area contributed by atoms with Crippen molar-refractivity contribution in [3.8, 4) is 0 Å². The molecule has 0 saturated carbocycles. The van der Waals surface area contributed by atoms with Crippen molar-refractivity contribution in [3.63, 3.8) is 0 Å². The summed E-state index contributed by atoms with van der Waals surface area (Å²) in [5.74, 6) is 0.615. The molecule has 0 spiro atoms. The Morgan fingerprint density at radius 3 is 2.92 bits per heavy atom. The molecule has 2 fully saturated rings. The molecule has 2 aliphatic heterocycles. The van der Waals surface area contributed by atoms with E-state index in [0.717, 1.165) is 26.3 Å². The lowest BCUT2D eigenvalue weighted by Crippen LogP contribution is -2.48. The zero-order valence-corrected chi connectivity index (χ0v) is 8.29. The Balaban J connectivity index is 1.83. The number of ether oxygens (including phenoxy) is 2. The third kappa shape index (κ3) is 2.42. The summed E-state index contributed by atoms with van der Waals surface area (Å²) >= 11 is 0. The van der Waals surface area contributed by atoms with Gasteiger partial charge in [0, 0.05) is 25.6 Å². The molecule has 2 saturated heterocycles. The van der Waals surface area contributed by atoms with Crippen LogP contribution in [0.4, 0.5) is 0 Å². The highest BCUT2D eigenvalue weighted by atomic mass is 16.5. The highest BCUT2D eigenvalue weighted by Gasteiger charge is 2.28. The molecule has 2 heterocycles. The Bertz CT molecular complexity index is 157. The topological polar surface area (TPSA) is 30.5 Å². The van der Waals surface area contributed by atoms with Crippen molar-refractivity contribution in [2.75, 3.05) is 26.3 Å². The number of morpholine rings is 1. The Labute approximate surface area is 79.8 Å². The minimum atomic E-state index is 0.362. The van der Waals surface area contributed by atoms with Crippen molar-refractivity contribution in [1.82, 2.24) is 5.32 Å². The van der Waals surface area contributed by atoms with Gasteiger partial charge in [0.2, 0.25) is 0 Å². The molecule has 3 nitrogen and oxygen atoms in total. The third-order valence-electron chi connectivity index (χ3n) is 2.91. The minimum Gasteiger partial charge on any atom is -0.381 e. The van der Waals surface area contributed by atoms with E-state index < -0.39 is 0 Å². The van der Waals surface area contributed by atoms with Gasteiger partial charge in [0.15, 0.2) is 0 Å². The van der Waals surface area contributed by atoms with Gasteiger partial charge in [0.05, 0.1) is 18.8 Å². The molecule has 0 aromatic rings. The van der Waals surface area contributed by atoms with E-state index in [1.807, 2.05) is 0 Å². The molecule has 0 bridgehead atoms. The van der Waals surface area contributed by atoms with Crippen molar-refractivity contribution < 1.29 is 9.47 Å². The number of nitrogens with one attached hydrogen (secondary N) is 1. The molecule has 0 aromatic carbocycles. The summed E-state index contributed by atoms with van der Waals surface area (Å²) in [5.41, 5.74) is 0. The summed E-state index contributed by atoms with van der Waals surface area (Å²) in [5, 5.41) is 3.40. The third-order valence-corrected chi connectivity index (χ3v) is 2.91. The summed E-state index contributed by atoms with van der Waals surface area (Å²) in [7, 11) is 0. The first-order valence-corrected chi connectivity index (χ1v) is 5.30. The zero-order valence-electron chi connectivity index (χ0n) is 8.29. The predicted molar refractivity (Wildman–Crippen MR) is 50.7 cm³/mol. The van der Waals surface area contributed by atoms with Crippen molar-refractivity contribution >= 4 is 0 Å². The van der Waals surface area contributed by atoms with Gasteiger partial charge in [-0.25, -0.2) is 0 Å². The van der Waals surface area contributed by atoms with Crippen molar-refractivity contribution in [1.29, 1.82) is 0 Å². The zero-order chi connectivity index (χ0) is 9.10. The molecule has 1 N–H and O–H groups in total. The summed E-state index contributed by atoms with van der Waals surface area (Å²) in [6, 6.07) is 0. The Hall–Kier alpha value is -0.120. The van der Waals surface area contributed by atoms with Crippen LogP contribution in [0.25, 0.3) is 0 Å². The van der Waals surface area contributed by atoms with E-state index in [9.17, 15) is 0 Å². The molecule has 3 atom stereocenters. The van der Waals surface area contributed by atoms with E-state index in [1.165, 1.54) is 12.8 Å². The Kier molecular flexibility index (Phi) is 3.19. The van der Waals surface area contributed by atoms with Crippen LogP contribution in [-0.2, 0) is 9.47 Å². The van der Waals surface area contributed by atoms with Crippen LogP contribution < -0.4 is 5.32 Å². The van der Waals surface area contributed by atoms with E-state index in [0.29, 0.717) is 18.1 Å². The largest absolute Gasteiger partial charge is 0.381 e. The molecule has 2 rings (SSSR count). The predicted octanol–water partition coefficient (Wildman–Crippen LogP) is 0.790. The van der Waals surface area contributed by atoms with Gasteiger partial charge in [-0.1, -0.05) is 0 Å². The van der Waals surface area contributed by atoms with Crippen molar-refractivity contribution in [2.24, 2.45) is 5.92 Å². The molecule has 76 valence electrons. The summed E-state index contributed by atoms with van der Waals surface area (Å²) in [4.78, 5) is 0. The SMILES string of the molecule is CC1CNCC(C2CCCOC2)O1. The fourth-order valence-corrected chi connectivity index (χ4v) is 2.16. The minimum absolute atomic E-state index is 0.362. The van der Waals surface area contributed by atoms with E-state index in [4.69, 9.17) is 9.47 Å². The maximum Gasteiger partial charge on any atom is 0.0753 e. The smallest absolute Gasteiger partial charge is 0.0753 e. The number of hydrogen-bond donors (Lipinski definition) is 1. The second-order valence-electron chi connectivity index (χ2n) is 4.12. The monoisotopic (exact) mass is 185 g/mol. The molecule has 3 heteroatoms. The fraction of sp³-hybridized carbons (Fsp3) is 1.00. The lowest BCUT2D eigenvalue weighted by Gasteiger charge is -2.35. The maximum absolute atomic E-state index is 5.88. The lowest BCUT2D eigenvalue weighted by atomic mass is 9.95. The van der Waals surface area contributed by atoms with Gasteiger partial charge in [0.25, 0.3) is 0 Å². The second-order valence-corrected chi connectivity index (χ2v) is 4.12. The molecule has 0 amide bonds. The summed E-state index contributed by atoms with van der Waals surface area (Å²) in [6.45, 7) is 5.94. The van der Waals surface area contributed by atoms with Crippen LogP contribution in [0.1, 0.15) is 19.8 Å². The van der Waals surface area contributed by atoms with Gasteiger partial charge >= 0.3 is 0 Å². The van der Waals surface area contributed by atoms with Gasteiger partial charge in [-0.2, -0.15) is 0 Å². The Morgan fingerprint density at radius 1 is 1.31 bits per heavy atom. The summed E-state index contributed by atoms with van der Waals surface area (Å²) in [6.07, 6.45) is 3.20. The first-order chi connectivity index (χ1) is 6.36. The fourth-order valence-electron chi connectivity index (χ4n) is 2.16. The van der Waals surface area contributed by atoms with Crippen LogP contribution in [0.15, 0.2) is 0 Å². The number of rotatable bonds is 1. The maximum atomic E-state index is 5.88. The normalized spacial score (nSPS) is 41.8. The highest BCUT2D eigenvalue weighted by molar-refractivity contribution is 4.79. The van der Waals surface area contributed by atoms with Gasteiger partial charge < -0.3 is 14.8 Å². The van der Waals surface area contributed by atoms with E-state index in [1.54, 1.807) is 0 Å². The first kappa shape index (κ1) is 9.44. The van der Waals surface area contributed by atoms with Crippen LogP contribution in [0.2, 0.25) is 0 Å². The molecule has 0 aromatic heterocycles. The molecule has 0 aliphatic carbocycles. The number of hydrogen-bond acceptors (Lipinski definition) is 3.